The molecule has 0 saturated carbocycles. The largest absolute Gasteiger partial charge is 0.493 e. The molecule has 2 aromatic rings. The minimum atomic E-state index is -0.298. The number of hydrogen-bond acceptors (Lipinski definition) is 4. The van der Waals surface area contributed by atoms with E-state index < -0.39 is 0 Å². The second kappa shape index (κ2) is 8.24. The molecule has 1 amide bonds. The molecule has 2 aromatic carbocycles. The maximum absolute atomic E-state index is 12.9. The van der Waals surface area contributed by atoms with E-state index in [1.54, 1.807) is 42.4 Å². The summed E-state index contributed by atoms with van der Waals surface area (Å²) < 4.78 is 10.9. The molecule has 3 rings (SSSR count). The average Bonchev–Trinajstić information content (AvgIpc) is 3.14. The Morgan fingerprint density at radius 2 is 2.11 bits per heavy atom. The Labute approximate surface area is 158 Å². The first-order chi connectivity index (χ1) is 13.2. The summed E-state index contributed by atoms with van der Waals surface area (Å²) in [5, 5.41) is 9.53. The van der Waals surface area contributed by atoms with E-state index in [-0.39, 0.29) is 11.5 Å². The summed E-state index contributed by atoms with van der Waals surface area (Å²) >= 11 is 0. The van der Waals surface area contributed by atoms with Crippen LogP contribution in [0.1, 0.15) is 11.1 Å². The molecular formula is C22H20N2O3. The second-order valence-electron chi connectivity index (χ2n) is 6.02. The van der Waals surface area contributed by atoms with Crippen molar-refractivity contribution in [3.63, 3.8) is 0 Å². The van der Waals surface area contributed by atoms with Crippen LogP contribution in [0.5, 0.6) is 11.5 Å². The van der Waals surface area contributed by atoms with Gasteiger partial charge in [0.05, 0.1) is 7.11 Å². The van der Waals surface area contributed by atoms with Crippen LogP contribution in [-0.4, -0.2) is 26.2 Å². The smallest absolute Gasteiger partial charge is 0.268 e. The highest BCUT2D eigenvalue weighted by Crippen LogP contribution is 2.31. The zero-order valence-electron chi connectivity index (χ0n) is 15.1. The van der Waals surface area contributed by atoms with Gasteiger partial charge < -0.3 is 14.4 Å². The molecule has 0 spiro atoms. The van der Waals surface area contributed by atoms with E-state index in [9.17, 15) is 10.1 Å². The number of rotatable bonds is 6. The van der Waals surface area contributed by atoms with Gasteiger partial charge in [-0.15, -0.1) is 0 Å². The van der Waals surface area contributed by atoms with Crippen LogP contribution in [0.15, 0.2) is 60.7 Å². The number of para-hydroxylation sites is 1. The van der Waals surface area contributed by atoms with Crippen LogP contribution in [0.4, 0.5) is 5.69 Å². The van der Waals surface area contributed by atoms with E-state index in [4.69, 9.17) is 9.47 Å². The van der Waals surface area contributed by atoms with Gasteiger partial charge in [-0.05, 0) is 41.8 Å². The van der Waals surface area contributed by atoms with E-state index in [1.165, 1.54) is 0 Å². The number of carbonyl (C=O) groups is 1. The number of hydrogen-bond donors (Lipinski definition) is 0. The van der Waals surface area contributed by atoms with Crippen LogP contribution in [0.3, 0.4) is 0 Å². The lowest BCUT2D eigenvalue weighted by Crippen LogP contribution is -2.29. The Hall–Kier alpha value is -3.52. The monoisotopic (exact) mass is 360 g/mol. The van der Waals surface area contributed by atoms with E-state index in [2.05, 4.69) is 6.58 Å². The van der Waals surface area contributed by atoms with Crippen molar-refractivity contribution < 1.29 is 14.3 Å². The lowest BCUT2D eigenvalue weighted by atomic mass is 10.1. The fourth-order valence-corrected chi connectivity index (χ4v) is 3.05. The van der Waals surface area contributed by atoms with Crippen molar-refractivity contribution in [2.75, 3.05) is 25.2 Å². The highest BCUT2D eigenvalue weighted by Gasteiger charge is 2.26. The van der Waals surface area contributed by atoms with Gasteiger partial charge in [-0.25, -0.2) is 0 Å². The standard InChI is InChI=1S/C22H20N2O3/c1-3-12-27-20-9-8-16(14-21(20)26-2)13-18(15-23)22(25)24-11-10-17-6-4-5-7-19(17)24/h3-9,13-14H,1,10-12H2,2H3/b18-13+. The molecule has 0 fully saturated rings. The van der Waals surface area contributed by atoms with Crippen molar-refractivity contribution in [2.45, 2.75) is 6.42 Å². The molecule has 0 aliphatic carbocycles. The van der Waals surface area contributed by atoms with Gasteiger partial charge >= 0.3 is 0 Å². The van der Waals surface area contributed by atoms with Crippen LogP contribution in [-0.2, 0) is 11.2 Å². The van der Waals surface area contributed by atoms with Crippen molar-refractivity contribution in [2.24, 2.45) is 0 Å². The predicted octanol–water partition coefficient (Wildman–Crippen LogP) is 3.76. The van der Waals surface area contributed by atoms with E-state index in [1.807, 2.05) is 30.3 Å². The summed E-state index contributed by atoms with van der Waals surface area (Å²) in [6.45, 7) is 4.56. The van der Waals surface area contributed by atoms with Crippen molar-refractivity contribution in [3.05, 3.63) is 71.8 Å². The van der Waals surface area contributed by atoms with Crippen molar-refractivity contribution >= 4 is 17.7 Å². The fourth-order valence-electron chi connectivity index (χ4n) is 3.05. The summed E-state index contributed by atoms with van der Waals surface area (Å²) in [6, 6.07) is 15.1. The summed E-state index contributed by atoms with van der Waals surface area (Å²) in [7, 11) is 1.54. The molecule has 0 unspecified atom stereocenters. The molecule has 0 saturated heterocycles. The van der Waals surface area contributed by atoms with Gasteiger partial charge in [-0.1, -0.05) is 36.9 Å². The van der Waals surface area contributed by atoms with E-state index in [0.717, 1.165) is 17.7 Å². The van der Waals surface area contributed by atoms with Crippen LogP contribution >= 0.6 is 0 Å². The Morgan fingerprint density at radius 3 is 2.85 bits per heavy atom. The number of anilines is 1. The molecule has 136 valence electrons. The molecule has 0 aromatic heterocycles. The molecule has 27 heavy (non-hydrogen) atoms. The van der Waals surface area contributed by atoms with Crippen molar-refractivity contribution in [1.29, 1.82) is 5.26 Å². The molecule has 0 atom stereocenters. The quantitative estimate of drug-likeness (QED) is 0.447. The first-order valence-electron chi connectivity index (χ1n) is 8.61. The third-order valence-electron chi connectivity index (χ3n) is 4.34. The molecule has 5 nitrogen and oxygen atoms in total. The summed E-state index contributed by atoms with van der Waals surface area (Å²) in [5.74, 6) is 0.808. The highest BCUT2D eigenvalue weighted by molar-refractivity contribution is 6.12. The molecule has 0 bridgehead atoms. The molecule has 5 heteroatoms. The normalized spacial score (nSPS) is 12.9. The third-order valence-corrected chi connectivity index (χ3v) is 4.34. The van der Waals surface area contributed by atoms with Gasteiger partial charge in [-0.3, -0.25) is 4.79 Å². The second-order valence-corrected chi connectivity index (χ2v) is 6.02. The Bertz CT molecular complexity index is 941. The van der Waals surface area contributed by atoms with Gasteiger partial charge in [-0.2, -0.15) is 5.26 Å². The number of nitriles is 1. The molecule has 1 heterocycles. The third kappa shape index (κ3) is 3.85. The van der Waals surface area contributed by atoms with Gasteiger partial charge in [0.2, 0.25) is 0 Å². The van der Waals surface area contributed by atoms with Gasteiger partial charge in [0, 0.05) is 12.2 Å². The molecule has 1 aliphatic heterocycles. The Kier molecular flexibility index (Phi) is 5.58. The lowest BCUT2D eigenvalue weighted by Gasteiger charge is -2.16. The Balaban J connectivity index is 1.87. The van der Waals surface area contributed by atoms with E-state index in [0.29, 0.717) is 30.2 Å². The molecule has 0 radical (unpaired) electrons. The molecule has 0 N–H and O–H groups in total. The number of ether oxygens (including phenoxy) is 2. The number of benzene rings is 2. The molecular weight excluding hydrogens is 340 g/mol. The van der Waals surface area contributed by atoms with Crippen LogP contribution in [0.25, 0.3) is 6.08 Å². The van der Waals surface area contributed by atoms with Gasteiger partial charge in [0.25, 0.3) is 5.91 Å². The minimum Gasteiger partial charge on any atom is -0.493 e. The number of carbonyl (C=O) groups excluding carboxylic acids is 1. The predicted molar refractivity (Wildman–Crippen MR) is 105 cm³/mol. The number of amides is 1. The van der Waals surface area contributed by atoms with E-state index >= 15 is 0 Å². The van der Waals surface area contributed by atoms with Crippen molar-refractivity contribution in [3.8, 4) is 17.6 Å². The topological polar surface area (TPSA) is 62.6 Å². The summed E-state index contributed by atoms with van der Waals surface area (Å²) in [4.78, 5) is 14.5. The van der Waals surface area contributed by atoms with Crippen LogP contribution < -0.4 is 14.4 Å². The Morgan fingerprint density at radius 1 is 1.30 bits per heavy atom. The summed E-state index contributed by atoms with van der Waals surface area (Å²) in [5.41, 5.74) is 2.76. The maximum atomic E-state index is 12.9. The average molecular weight is 360 g/mol. The maximum Gasteiger partial charge on any atom is 0.268 e. The minimum absolute atomic E-state index is 0.0773. The fraction of sp³-hybridized carbons (Fsp3) is 0.182. The number of nitrogens with zero attached hydrogens (tertiary/aromatic N) is 2. The number of fused-ring (bicyclic) bond motifs is 1. The molecule has 1 aliphatic rings. The number of methoxy groups -OCH3 is 1. The summed E-state index contributed by atoms with van der Waals surface area (Å²) in [6.07, 6.45) is 4.01. The first kappa shape index (κ1) is 18.3. The first-order valence-corrected chi connectivity index (χ1v) is 8.61. The zero-order valence-corrected chi connectivity index (χ0v) is 15.1. The van der Waals surface area contributed by atoms with Crippen molar-refractivity contribution in [1.82, 2.24) is 0 Å². The SMILES string of the molecule is C=CCOc1ccc(/C=C(\C#N)C(=O)N2CCc3ccccc32)cc1OC. The van der Waals surface area contributed by atoms with Crippen LogP contribution in [0.2, 0.25) is 0 Å². The van der Waals surface area contributed by atoms with Crippen LogP contribution in [0, 0.1) is 11.3 Å². The van der Waals surface area contributed by atoms with Gasteiger partial charge in [0.15, 0.2) is 11.5 Å². The lowest BCUT2D eigenvalue weighted by molar-refractivity contribution is -0.114. The zero-order chi connectivity index (χ0) is 19.2. The highest BCUT2D eigenvalue weighted by atomic mass is 16.5. The van der Waals surface area contributed by atoms with Gasteiger partial charge in [0.1, 0.15) is 18.2 Å².